The molecule has 0 bridgehead atoms. The zero-order chi connectivity index (χ0) is 13.9. The first-order valence-corrected chi connectivity index (χ1v) is 6.74. The second-order valence-electron chi connectivity index (χ2n) is 5.27. The Morgan fingerprint density at radius 3 is 2.00 bits per heavy atom. The summed E-state index contributed by atoms with van der Waals surface area (Å²) in [5, 5.41) is 0. The number of ketones is 1. The number of nitrogens with two attached hydrogens (primary N) is 1. The number of benzene rings is 1. The number of hydrogen-bond acceptors (Lipinski definition) is 2. The van der Waals surface area contributed by atoms with Gasteiger partial charge in [-0.05, 0) is 56.4 Å². The summed E-state index contributed by atoms with van der Waals surface area (Å²) in [5.41, 5.74) is 9.77. The van der Waals surface area contributed by atoms with Crippen molar-refractivity contribution < 1.29 is 4.79 Å². The summed E-state index contributed by atoms with van der Waals surface area (Å²) >= 11 is 0. The van der Waals surface area contributed by atoms with E-state index in [-0.39, 0.29) is 5.78 Å². The van der Waals surface area contributed by atoms with E-state index in [1.807, 2.05) is 33.8 Å². The molecule has 2 nitrogen and oxygen atoms in total. The van der Waals surface area contributed by atoms with Crippen molar-refractivity contribution in [3.8, 4) is 0 Å². The molecule has 0 saturated heterocycles. The molecule has 1 aromatic rings. The lowest BCUT2D eigenvalue weighted by Gasteiger charge is -2.29. The first-order chi connectivity index (χ1) is 8.41. The Balaban J connectivity index is 3.30. The summed E-state index contributed by atoms with van der Waals surface area (Å²) in [6.07, 6.45) is 1.59. The van der Waals surface area contributed by atoms with Gasteiger partial charge in [-0.1, -0.05) is 19.9 Å². The number of Topliss-reactive ketones (excluding diaryl/α,β-unsaturated/α-hetero) is 1. The molecule has 1 aromatic carbocycles. The number of aryl methyl sites for hydroxylation is 3. The van der Waals surface area contributed by atoms with Crippen LogP contribution in [0.4, 0.5) is 0 Å². The monoisotopic (exact) mass is 247 g/mol. The standard InChI is InChI=1S/C16H25NO/c1-6-16(7-2,10-17)15(18)14-9-12(4)11(3)8-13(14)5/h8-9H,6-7,10,17H2,1-5H3. The predicted molar refractivity (Wildman–Crippen MR) is 77.1 cm³/mol. The Labute approximate surface area is 111 Å². The minimum absolute atomic E-state index is 0.204. The minimum atomic E-state index is -0.396. The molecule has 100 valence electrons. The Bertz CT molecular complexity index is 436. The molecule has 0 aliphatic carbocycles. The molecule has 0 spiro atoms. The van der Waals surface area contributed by atoms with E-state index in [1.165, 1.54) is 11.1 Å². The van der Waals surface area contributed by atoms with Crippen molar-refractivity contribution in [2.75, 3.05) is 6.54 Å². The van der Waals surface area contributed by atoms with Crippen molar-refractivity contribution in [2.24, 2.45) is 11.1 Å². The van der Waals surface area contributed by atoms with E-state index in [2.05, 4.69) is 13.0 Å². The van der Waals surface area contributed by atoms with E-state index in [0.717, 1.165) is 24.0 Å². The maximum atomic E-state index is 12.8. The van der Waals surface area contributed by atoms with Gasteiger partial charge in [-0.25, -0.2) is 0 Å². The summed E-state index contributed by atoms with van der Waals surface area (Å²) < 4.78 is 0. The molecule has 0 atom stereocenters. The number of hydrogen-bond donors (Lipinski definition) is 1. The first kappa shape index (κ1) is 14.9. The van der Waals surface area contributed by atoms with Gasteiger partial charge in [0.25, 0.3) is 0 Å². The van der Waals surface area contributed by atoms with E-state index >= 15 is 0 Å². The summed E-state index contributed by atoms with van der Waals surface area (Å²) in [5.74, 6) is 0.204. The van der Waals surface area contributed by atoms with E-state index in [0.29, 0.717) is 6.54 Å². The molecule has 0 aliphatic heterocycles. The number of carbonyl (C=O) groups is 1. The van der Waals surface area contributed by atoms with E-state index in [1.54, 1.807) is 0 Å². The molecular formula is C16H25NO. The second kappa shape index (κ2) is 5.66. The molecule has 0 unspecified atom stereocenters. The third-order valence-corrected chi connectivity index (χ3v) is 4.31. The Kier molecular flexibility index (Phi) is 4.69. The largest absolute Gasteiger partial charge is 0.329 e. The highest BCUT2D eigenvalue weighted by molar-refractivity contribution is 6.02. The molecule has 2 N–H and O–H groups in total. The average molecular weight is 247 g/mol. The quantitative estimate of drug-likeness (QED) is 0.808. The highest BCUT2D eigenvalue weighted by atomic mass is 16.1. The van der Waals surface area contributed by atoms with Gasteiger partial charge in [0.15, 0.2) is 5.78 Å². The predicted octanol–water partition coefficient (Wildman–Crippen LogP) is 3.56. The molecule has 0 radical (unpaired) electrons. The van der Waals surface area contributed by atoms with Crippen LogP contribution < -0.4 is 5.73 Å². The third kappa shape index (κ3) is 2.49. The average Bonchev–Trinajstić information content (AvgIpc) is 2.36. The lowest BCUT2D eigenvalue weighted by molar-refractivity contribution is 0.0786. The molecule has 0 aromatic heterocycles. The van der Waals surface area contributed by atoms with Crippen LogP contribution in [0.2, 0.25) is 0 Å². The number of carbonyl (C=O) groups excluding carboxylic acids is 1. The fraction of sp³-hybridized carbons (Fsp3) is 0.562. The van der Waals surface area contributed by atoms with Crippen molar-refractivity contribution >= 4 is 5.78 Å². The highest BCUT2D eigenvalue weighted by Crippen LogP contribution is 2.31. The molecule has 0 saturated carbocycles. The van der Waals surface area contributed by atoms with Gasteiger partial charge in [-0.2, -0.15) is 0 Å². The van der Waals surface area contributed by atoms with Crippen molar-refractivity contribution in [2.45, 2.75) is 47.5 Å². The molecule has 1 rings (SSSR count). The SMILES string of the molecule is CCC(CC)(CN)C(=O)c1cc(C)c(C)cc1C. The second-order valence-corrected chi connectivity index (χ2v) is 5.27. The van der Waals surface area contributed by atoms with Gasteiger partial charge in [0.2, 0.25) is 0 Å². The van der Waals surface area contributed by atoms with Gasteiger partial charge in [0.05, 0.1) is 0 Å². The normalized spacial score (nSPS) is 11.7. The van der Waals surface area contributed by atoms with Crippen molar-refractivity contribution in [3.63, 3.8) is 0 Å². The van der Waals surface area contributed by atoms with Crippen LogP contribution in [0.1, 0.15) is 53.7 Å². The fourth-order valence-corrected chi connectivity index (χ4v) is 2.44. The van der Waals surface area contributed by atoms with Gasteiger partial charge >= 0.3 is 0 Å². The van der Waals surface area contributed by atoms with Crippen LogP contribution in [0, 0.1) is 26.2 Å². The molecule has 2 heteroatoms. The minimum Gasteiger partial charge on any atom is -0.329 e. The lowest BCUT2D eigenvalue weighted by Crippen LogP contribution is -2.38. The molecule has 18 heavy (non-hydrogen) atoms. The molecule has 0 aliphatic rings. The first-order valence-electron chi connectivity index (χ1n) is 6.74. The Morgan fingerprint density at radius 1 is 1.06 bits per heavy atom. The van der Waals surface area contributed by atoms with Crippen LogP contribution in [0.25, 0.3) is 0 Å². The molecular weight excluding hydrogens is 222 g/mol. The molecule has 0 amide bonds. The Hall–Kier alpha value is -1.15. The maximum Gasteiger partial charge on any atom is 0.170 e. The Morgan fingerprint density at radius 2 is 1.56 bits per heavy atom. The maximum absolute atomic E-state index is 12.8. The van der Waals surface area contributed by atoms with Crippen LogP contribution in [-0.4, -0.2) is 12.3 Å². The van der Waals surface area contributed by atoms with Crippen LogP contribution in [0.5, 0.6) is 0 Å². The fourth-order valence-electron chi connectivity index (χ4n) is 2.44. The summed E-state index contributed by atoms with van der Waals surface area (Å²) in [4.78, 5) is 12.8. The third-order valence-electron chi connectivity index (χ3n) is 4.31. The van der Waals surface area contributed by atoms with E-state index in [4.69, 9.17) is 5.73 Å². The van der Waals surface area contributed by atoms with Crippen molar-refractivity contribution in [3.05, 3.63) is 34.4 Å². The summed E-state index contributed by atoms with van der Waals surface area (Å²) in [6, 6.07) is 4.11. The topological polar surface area (TPSA) is 43.1 Å². The summed E-state index contributed by atoms with van der Waals surface area (Å²) in [7, 11) is 0. The molecule has 0 fully saturated rings. The van der Waals surface area contributed by atoms with Gasteiger partial charge in [0.1, 0.15) is 0 Å². The number of rotatable bonds is 5. The van der Waals surface area contributed by atoms with Crippen LogP contribution in [0.15, 0.2) is 12.1 Å². The van der Waals surface area contributed by atoms with Gasteiger partial charge in [0, 0.05) is 17.5 Å². The van der Waals surface area contributed by atoms with Crippen LogP contribution in [-0.2, 0) is 0 Å². The van der Waals surface area contributed by atoms with Crippen LogP contribution in [0.3, 0.4) is 0 Å². The van der Waals surface area contributed by atoms with Gasteiger partial charge < -0.3 is 5.73 Å². The van der Waals surface area contributed by atoms with Gasteiger partial charge in [-0.3, -0.25) is 4.79 Å². The van der Waals surface area contributed by atoms with E-state index < -0.39 is 5.41 Å². The zero-order valence-electron chi connectivity index (χ0n) is 12.3. The van der Waals surface area contributed by atoms with Crippen molar-refractivity contribution in [1.82, 2.24) is 0 Å². The molecule has 0 heterocycles. The van der Waals surface area contributed by atoms with Crippen LogP contribution >= 0.6 is 0 Å². The van der Waals surface area contributed by atoms with Gasteiger partial charge in [-0.15, -0.1) is 0 Å². The van der Waals surface area contributed by atoms with E-state index in [9.17, 15) is 4.79 Å². The highest BCUT2D eigenvalue weighted by Gasteiger charge is 2.34. The van der Waals surface area contributed by atoms with Crippen molar-refractivity contribution in [1.29, 1.82) is 0 Å². The zero-order valence-corrected chi connectivity index (χ0v) is 12.3. The smallest absolute Gasteiger partial charge is 0.170 e. The lowest BCUT2D eigenvalue weighted by atomic mass is 9.74. The summed E-state index contributed by atoms with van der Waals surface area (Å²) in [6.45, 7) is 10.6.